The molecule has 0 saturated carbocycles. The third-order valence-corrected chi connectivity index (χ3v) is 1.60. The fraction of sp³-hybridized carbons (Fsp3) is 0.375. The van der Waals surface area contributed by atoms with Crippen molar-refractivity contribution < 1.29 is 4.79 Å². The molecule has 1 rings (SSSR count). The van der Waals surface area contributed by atoms with Gasteiger partial charge in [0.2, 0.25) is 11.9 Å². The van der Waals surface area contributed by atoms with Crippen LogP contribution in [-0.4, -0.2) is 29.0 Å². The summed E-state index contributed by atoms with van der Waals surface area (Å²) in [6.45, 7) is 2.63. The second kappa shape index (κ2) is 5.39. The summed E-state index contributed by atoms with van der Waals surface area (Å²) < 4.78 is 0. The van der Waals surface area contributed by atoms with Crippen LogP contribution in [0.25, 0.3) is 0 Å². The van der Waals surface area contributed by atoms with Crippen molar-refractivity contribution in [1.29, 1.82) is 0 Å². The van der Waals surface area contributed by atoms with Gasteiger partial charge in [0.05, 0.1) is 24.0 Å². The smallest absolute Gasteiger partial charge is 0.239 e. The molecular formula is C8H11ClN4O. The number of anilines is 1. The highest BCUT2D eigenvalue weighted by molar-refractivity contribution is 6.30. The molecule has 5 nitrogen and oxygen atoms in total. The van der Waals surface area contributed by atoms with Crippen molar-refractivity contribution in [1.82, 2.24) is 15.3 Å². The highest BCUT2D eigenvalue weighted by Crippen LogP contribution is 2.04. The van der Waals surface area contributed by atoms with E-state index in [1.807, 2.05) is 6.92 Å². The van der Waals surface area contributed by atoms with Gasteiger partial charge in [0.1, 0.15) is 0 Å². The molecule has 1 amide bonds. The Kier molecular flexibility index (Phi) is 4.12. The van der Waals surface area contributed by atoms with Crippen molar-refractivity contribution in [2.75, 3.05) is 18.4 Å². The predicted octanol–water partition coefficient (Wildman–Crippen LogP) is 0.678. The molecule has 0 saturated heterocycles. The number of carbonyl (C=O) groups excluding carboxylic acids is 1. The molecule has 0 aliphatic heterocycles. The Balaban J connectivity index is 2.38. The Hall–Kier alpha value is -1.36. The van der Waals surface area contributed by atoms with Crippen LogP contribution in [0.2, 0.25) is 5.02 Å². The molecule has 76 valence electrons. The van der Waals surface area contributed by atoms with Crippen molar-refractivity contribution >= 4 is 23.5 Å². The molecule has 14 heavy (non-hydrogen) atoms. The molecular weight excluding hydrogens is 204 g/mol. The van der Waals surface area contributed by atoms with Crippen LogP contribution in [0.3, 0.4) is 0 Å². The maximum Gasteiger partial charge on any atom is 0.239 e. The summed E-state index contributed by atoms with van der Waals surface area (Å²) in [5.74, 6) is 0.298. The van der Waals surface area contributed by atoms with Gasteiger partial charge in [0.15, 0.2) is 0 Å². The van der Waals surface area contributed by atoms with E-state index >= 15 is 0 Å². The molecule has 1 heterocycles. The second-order valence-corrected chi connectivity index (χ2v) is 2.97. The Morgan fingerprint density at radius 1 is 1.50 bits per heavy atom. The molecule has 1 aromatic rings. The Morgan fingerprint density at radius 2 is 2.14 bits per heavy atom. The SMILES string of the molecule is CCNC(=O)CNc1ncc(Cl)cn1. The number of nitrogens with one attached hydrogen (secondary N) is 2. The monoisotopic (exact) mass is 214 g/mol. The molecule has 0 aliphatic carbocycles. The van der Waals surface area contributed by atoms with Gasteiger partial charge in [-0.3, -0.25) is 4.79 Å². The van der Waals surface area contributed by atoms with E-state index in [1.165, 1.54) is 12.4 Å². The predicted molar refractivity (Wildman–Crippen MR) is 54.2 cm³/mol. The number of likely N-dealkylation sites (N-methyl/N-ethyl adjacent to an activating group) is 1. The summed E-state index contributed by atoms with van der Waals surface area (Å²) in [4.78, 5) is 18.8. The van der Waals surface area contributed by atoms with Crippen LogP contribution in [0.4, 0.5) is 5.95 Å². The average molecular weight is 215 g/mol. The maximum absolute atomic E-state index is 11.0. The first-order chi connectivity index (χ1) is 6.72. The van der Waals surface area contributed by atoms with Gasteiger partial charge in [-0.1, -0.05) is 11.6 Å². The molecule has 0 unspecified atom stereocenters. The number of carbonyl (C=O) groups is 1. The lowest BCUT2D eigenvalue weighted by molar-refractivity contribution is -0.119. The largest absolute Gasteiger partial charge is 0.355 e. The summed E-state index contributed by atoms with van der Waals surface area (Å²) in [5, 5.41) is 5.87. The van der Waals surface area contributed by atoms with Gasteiger partial charge >= 0.3 is 0 Å². The molecule has 0 aromatic carbocycles. The first-order valence-corrected chi connectivity index (χ1v) is 4.58. The number of halogens is 1. The van der Waals surface area contributed by atoms with E-state index in [0.29, 0.717) is 17.5 Å². The minimum atomic E-state index is -0.0916. The summed E-state index contributed by atoms with van der Waals surface area (Å²) in [5.41, 5.74) is 0. The number of hydrogen-bond acceptors (Lipinski definition) is 4. The zero-order chi connectivity index (χ0) is 10.4. The van der Waals surface area contributed by atoms with E-state index in [2.05, 4.69) is 20.6 Å². The lowest BCUT2D eigenvalue weighted by Gasteiger charge is -2.03. The second-order valence-electron chi connectivity index (χ2n) is 2.53. The first-order valence-electron chi connectivity index (χ1n) is 4.20. The summed E-state index contributed by atoms with van der Waals surface area (Å²) in [7, 11) is 0. The average Bonchev–Trinajstić information content (AvgIpc) is 2.17. The zero-order valence-electron chi connectivity index (χ0n) is 7.75. The minimum Gasteiger partial charge on any atom is -0.355 e. The van der Waals surface area contributed by atoms with E-state index in [0.717, 1.165) is 0 Å². The van der Waals surface area contributed by atoms with Gasteiger partial charge < -0.3 is 10.6 Å². The summed E-state index contributed by atoms with van der Waals surface area (Å²) in [6.07, 6.45) is 2.93. The number of nitrogens with zero attached hydrogens (tertiary/aromatic N) is 2. The van der Waals surface area contributed by atoms with E-state index in [4.69, 9.17) is 11.6 Å². The Labute approximate surface area is 86.9 Å². The van der Waals surface area contributed by atoms with Crippen molar-refractivity contribution in [3.63, 3.8) is 0 Å². The Bertz CT molecular complexity index is 301. The van der Waals surface area contributed by atoms with Crippen LogP contribution in [0.15, 0.2) is 12.4 Å². The highest BCUT2D eigenvalue weighted by atomic mass is 35.5. The van der Waals surface area contributed by atoms with E-state index in [9.17, 15) is 4.79 Å². The minimum absolute atomic E-state index is 0.0916. The topological polar surface area (TPSA) is 66.9 Å². The van der Waals surface area contributed by atoms with Gasteiger partial charge in [-0.15, -0.1) is 0 Å². The third-order valence-electron chi connectivity index (χ3n) is 1.40. The number of aromatic nitrogens is 2. The summed E-state index contributed by atoms with van der Waals surface area (Å²) in [6, 6.07) is 0. The van der Waals surface area contributed by atoms with Gasteiger partial charge in [-0.25, -0.2) is 9.97 Å². The zero-order valence-corrected chi connectivity index (χ0v) is 8.51. The molecule has 0 atom stereocenters. The molecule has 0 spiro atoms. The third kappa shape index (κ3) is 3.57. The van der Waals surface area contributed by atoms with Gasteiger partial charge in [-0.2, -0.15) is 0 Å². The van der Waals surface area contributed by atoms with E-state index in [1.54, 1.807) is 0 Å². The highest BCUT2D eigenvalue weighted by Gasteiger charge is 2.00. The first kappa shape index (κ1) is 10.7. The van der Waals surface area contributed by atoms with Crippen molar-refractivity contribution in [3.8, 4) is 0 Å². The quantitative estimate of drug-likeness (QED) is 0.774. The van der Waals surface area contributed by atoms with Crippen molar-refractivity contribution in [3.05, 3.63) is 17.4 Å². The lowest BCUT2D eigenvalue weighted by Crippen LogP contribution is -2.29. The van der Waals surface area contributed by atoms with Gasteiger partial charge in [0.25, 0.3) is 0 Å². The summed E-state index contributed by atoms with van der Waals surface area (Å²) >= 11 is 5.59. The van der Waals surface area contributed by atoms with Gasteiger partial charge in [0, 0.05) is 6.54 Å². The molecule has 0 aliphatic rings. The fourth-order valence-corrected chi connectivity index (χ4v) is 0.920. The molecule has 0 radical (unpaired) electrons. The van der Waals surface area contributed by atoms with Crippen LogP contribution in [0.1, 0.15) is 6.92 Å². The molecule has 1 aromatic heterocycles. The lowest BCUT2D eigenvalue weighted by atomic mass is 10.5. The van der Waals surface area contributed by atoms with Crippen LogP contribution in [0.5, 0.6) is 0 Å². The van der Waals surface area contributed by atoms with Gasteiger partial charge in [-0.05, 0) is 6.92 Å². The van der Waals surface area contributed by atoms with E-state index in [-0.39, 0.29) is 12.5 Å². The van der Waals surface area contributed by atoms with E-state index < -0.39 is 0 Å². The molecule has 6 heteroatoms. The van der Waals surface area contributed by atoms with Crippen LogP contribution < -0.4 is 10.6 Å². The van der Waals surface area contributed by atoms with Crippen LogP contribution in [-0.2, 0) is 4.79 Å². The van der Waals surface area contributed by atoms with Crippen LogP contribution in [0, 0.1) is 0 Å². The normalized spacial score (nSPS) is 9.57. The fourth-order valence-electron chi connectivity index (χ4n) is 0.823. The van der Waals surface area contributed by atoms with Crippen LogP contribution >= 0.6 is 11.6 Å². The number of rotatable bonds is 4. The number of amides is 1. The standard InChI is InChI=1S/C8H11ClN4O/c1-2-10-7(14)5-13-8-11-3-6(9)4-12-8/h3-4H,2,5H2,1H3,(H,10,14)(H,11,12,13). The number of hydrogen-bond donors (Lipinski definition) is 2. The molecule has 2 N–H and O–H groups in total. The molecule has 0 fully saturated rings. The van der Waals surface area contributed by atoms with Crippen molar-refractivity contribution in [2.24, 2.45) is 0 Å². The van der Waals surface area contributed by atoms with Crippen molar-refractivity contribution in [2.45, 2.75) is 6.92 Å². The molecule has 0 bridgehead atoms. The Morgan fingerprint density at radius 3 is 2.71 bits per heavy atom. The maximum atomic E-state index is 11.0.